The molecule has 0 aliphatic heterocycles. The van der Waals surface area contributed by atoms with E-state index in [-0.39, 0.29) is 5.97 Å². The van der Waals surface area contributed by atoms with Gasteiger partial charge in [0.2, 0.25) is 0 Å². The molecule has 0 fully saturated rings. The molecule has 1 heterocycles. The first-order valence-corrected chi connectivity index (χ1v) is 5.92. The SMILES string of the molecule is CCOC(=O)c1ccc(C)nc1-c1ccccc1. The number of hydrogen-bond acceptors (Lipinski definition) is 3. The van der Waals surface area contributed by atoms with Gasteiger partial charge in [0.05, 0.1) is 17.9 Å². The third-order valence-corrected chi connectivity index (χ3v) is 2.58. The fourth-order valence-electron chi connectivity index (χ4n) is 1.75. The van der Waals surface area contributed by atoms with Crippen LogP contribution in [0.25, 0.3) is 11.3 Å². The van der Waals surface area contributed by atoms with Gasteiger partial charge in [-0.25, -0.2) is 4.79 Å². The fourth-order valence-corrected chi connectivity index (χ4v) is 1.75. The van der Waals surface area contributed by atoms with E-state index in [1.807, 2.05) is 43.3 Å². The van der Waals surface area contributed by atoms with Gasteiger partial charge in [0.25, 0.3) is 0 Å². The zero-order valence-corrected chi connectivity index (χ0v) is 10.5. The summed E-state index contributed by atoms with van der Waals surface area (Å²) in [6, 6.07) is 13.2. The lowest BCUT2D eigenvalue weighted by atomic mass is 10.1. The zero-order valence-electron chi connectivity index (χ0n) is 10.5. The molecular formula is C15H15NO2. The minimum absolute atomic E-state index is 0.330. The van der Waals surface area contributed by atoms with Crippen molar-refractivity contribution in [1.29, 1.82) is 0 Å². The van der Waals surface area contributed by atoms with Gasteiger partial charge in [0.1, 0.15) is 0 Å². The van der Waals surface area contributed by atoms with Crippen molar-refractivity contribution in [2.24, 2.45) is 0 Å². The molecule has 0 aliphatic carbocycles. The van der Waals surface area contributed by atoms with E-state index in [0.717, 1.165) is 11.3 Å². The Balaban J connectivity index is 2.51. The van der Waals surface area contributed by atoms with Gasteiger partial charge in [-0.05, 0) is 26.0 Å². The highest BCUT2D eigenvalue weighted by Gasteiger charge is 2.15. The lowest BCUT2D eigenvalue weighted by Gasteiger charge is -2.09. The van der Waals surface area contributed by atoms with Crippen LogP contribution in [-0.2, 0) is 4.74 Å². The van der Waals surface area contributed by atoms with Gasteiger partial charge < -0.3 is 4.74 Å². The standard InChI is InChI=1S/C15H15NO2/c1-3-18-15(17)13-10-9-11(2)16-14(13)12-7-5-4-6-8-12/h4-10H,3H2,1-2H3. The Morgan fingerprint density at radius 3 is 2.56 bits per heavy atom. The largest absolute Gasteiger partial charge is 0.462 e. The second-order valence-corrected chi connectivity index (χ2v) is 3.94. The Hall–Kier alpha value is -2.16. The molecule has 0 N–H and O–H groups in total. The number of aromatic nitrogens is 1. The molecule has 1 aromatic carbocycles. The van der Waals surface area contributed by atoms with E-state index in [0.29, 0.717) is 17.9 Å². The number of aryl methyl sites for hydroxylation is 1. The highest BCUT2D eigenvalue weighted by molar-refractivity contribution is 5.96. The van der Waals surface area contributed by atoms with E-state index < -0.39 is 0 Å². The average molecular weight is 241 g/mol. The molecule has 0 bridgehead atoms. The van der Waals surface area contributed by atoms with E-state index in [4.69, 9.17) is 4.74 Å². The molecule has 0 spiro atoms. The normalized spacial score (nSPS) is 10.1. The topological polar surface area (TPSA) is 39.2 Å². The number of rotatable bonds is 3. The van der Waals surface area contributed by atoms with Crippen LogP contribution in [0.2, 0.25) is 0 Å². The van der Waals surface area contributed by atoms with Gasteiger partial charge in [-0.2, -0.15) is 0 Å². The molecule has 3 heteroatoms. The predicted molar refractivity (Wildman–Crippen MR) is 70.4 cm³/mol. The molecule has 0 saturated carbocycles. The van der Waals surface area contributed by atoms with Crippen molar-refractivity contribution < 1.29 is 9.53 Å². The van der Waals surface area contributed by atoms with E-state index in [1.165, 1.54) is 0 Å². The first kappa shape index (κ1) is 12.3. The van der Waals surface area contributed by atoms with Crippen LogP contribution in [0.5, 0.6) is 0 Å². The molecule has 0 unspecified atom stereocenters. The first-order chi connectivity index (χ1) is 8.72. The third-order valence-electron chi connectivity index (χ3n) is 2.58. The monoisotopic (exact) mass is 241 g/mol. The molecule has 18 heavy (non-hydrogen) atoms. The number of pyridine rings is 1. The van der Waals surface area contributed by atoms with Crippen LogP contribution >= 0.6 is 0 Å². The number of nitrogens with zero attached hydrogens (tertiary/aromatic N) is 1. The summed E-state index contributed by atoms with van der Waals surface area (Å²) in [5.41, 5.74) is 2.98. The van der Waals surface area contributed by atoms with Crippen molar-refractivity contribution in [2.75, 3.05) is 6.61 Å². The maximum Gasteiger partial charge on any atom is 0.340 e. The third kappa shape index (κ3) is 2.56. The molecule has 0 radical (unpaired) electrons. The summed E-state index contributed by atoms with van der Waals surface area (Å²) in [5.74, 6) is -0.330. The summed E-state index contributed by atoms with van der Waals surface area (Å²) in [6.45, 7) is 4.06. The minimum atomic E-state index is -0.330. The van der Waals surface area contributed by atoms with Crippen molar-refractivity contribution in [2.45, 2.75) is 13.8 Å². The van der Waals surface area contributed by atoms with Gasteiger partial charge in [-0.15, -0.1) is 0 Å². The molecule has 0 amide bonds. The van der Waals surface area contributed by atoms with Gasteiger partial charge >= 0.3 is 5.97 Å². The summed E-state index contributed by atoms with van der Waals surface area (Å²) in [5, 5.41) is 0. The van der Waals surface area contributed by atoms with Crippen molar-refractivity contribution >= 4 is 5.97 Å². The maximum absolute atomic E-state index is 11.9. The van der Waals surface area contributed by atoms with Gasteiger partial charge in [-0.1, -0.05) is 30.3 Å². The van der Waals surface area contributed by atoms with Crippen LogP contribution in [0.4, 0.5) is 0 Å². The smallest absolute Gasteiger partial charge is 0.340 e. The van der Waals surface area contributed by atoms with E-state index in [1.54, 1.807) is 13.0 Å². The van der Waals surface area contributed by atoms with Gasteiger partial charge in [0, 0.05) is 11.3 Å². The highest BCUT2D eigenvalue weighted by atomic mass is 16.5. The molecule has 0 atom stereocenters. The first-order valence-electron chi connectivity index (χ1n) is 5.92. The Labute approximate surface area is 106 Å². The Morgan fingerprint density at radius 1 is 1.17 bits per heavy atom. The molecular weight excluding hydrogens is 226 g/mol. The van der Waals surface area contributed by atoms with Crippen LogP contribution in [0, 0.1) is 6.92 Å². The summed E-state index contributed by atoms with van der Waals surface area (Å²) >= 11 is 0. The molecule has 2 rings (SSSR count). The highest BCUT2D eigenvalue weighted by Crippen LogP contribution is 2.22. The van der Waals surface area contributed by atoms with Crippen LogP contribution in [0.3, 0.4) is 0 Å². The second-order valence-electron chi connectivity index (χ2n) is 3.94. The summed E-state index contributed by atoms with van der Waals surface area (Å²) < 4.78 is 5.05. The lowest BCUT2D eigenvalue weighted by molar-refractivity contribution is 0.0527. The minimum Gasteiger partial charge on any atom is -0.462 e. The molecule has 1 aromatic heterocycles. The molecule has 3 nitrogen and oxygen atoms in total. The average Bonchev–Trinajstić information content (AvgIpc) is 2.40. The van der Waals surface area contributed by atoms with Crippen molar-refractivity contribution in [3.05, 3.63) is 53.7 Å². The summed E-state index contributed by atoms with van der Waals surface area (Å²) in [4.78, 5) is 16.3. The predicted octanol–water partition coefficient (Wildman–Crippen LogP) is 3.23. The zero-order chi connectivity index (χ0) is 13.0. The fraction of sp³-hybridized carbons (Fsp3) is 0.200. The summed E-state index contributed by atoms with van der Waals surface area (Å²) in [6.07, 6.45) is 0. The molecule has 2 aromatic rings. The number of ether oxygens (including phenoxy) is 1. The van der Waals surface area contributed by atoms with E-state index in [2.05, 4.69) is 4.98 Å². The molecule has 0 aliphatic rings. The van der Waals surface area contributed by atoms with Gasteiger partial charge in [0.15, 0.2) is 0 Å². The summed E-state index contributed by atoms with van der Waals surface area (Å²) in [7, 11) is 0. The van der Waals surface area contributed by atoms with Crippen LogP contribution in [0.15, 0.2) is 42.5 Å². The maximum atomic E-state index is 11.9. The van der Waals surface area contributed by atoms with Crippen LogP contribution in [0.1, 0.15) is 23.0 Å². The van der Waals surface area contributed by atoms with Gasteiger partial charge in [-0.3, -0.25) is 4.98 Å². The van der Waals surface area contributed by atoms with Crippen LogP contribution in [-0.4, -0.2) is 17.6 Å². The van der Waals surface area contributed by atoms with Crippen molar-refractivity contribution in [1.82, 2.24) is 4.98 Å². The lowest BCUT2D eigenvalue weighted by Crippen LogP contribution is -2.08. The quantitative estimate of drug-likeness (QED) is 0.774. The number of hydrogen-bond donors (Lipinski definition) is 0. The number of carbonyl (C=O) groups excluding carboxylic acids is 1. The number of carbonyl (C=O) groups is 1. The van der Waals surface area contributed by atoms with Crippen molar-refractivity contribution in [3.63, 3.8) is 0 Å². The number of esters is 1. The van der Waals surface area contributed by atoms with Crippen molar-refractivity contribution in [3.8, 4) is 11.3 Å². The molecule has 0 saturated heterocycles. The van der Waals surface area contributed by atoms with E-state index >= 15 is 0 Å². The Kier molecular flexibility index (Phi) is 3.72. The number of benzene rings is 1. The Morgan fingerprint density at radius 2 is 1.89 bits per heavy atom. The van der Waals surface area contributed by atoms with Crippen LogP contribution < -0.4 is 0 Å². The van der Waals surface area contributed by atoms with E-state index in [9.17, 15) is 4.79 Å². The second kappa shape index (κ2) is 5.45. The Bertz CT molecular complexity index is 550. The molecule has 92 valence electrons.